The maximum atomic E-state index is 5.38. The fourth-order valence-electron chi connectivity index (χ4n) is 4.06. The van der Waals surface area contributed by atoms with Crippen molar-refractivity contribution in [3.63, 3.8) is 0 Å². The van der Waals surface area contributed by atoms with E-state index in [4.69, 9.17) is 4.74 Å². The smallest absolute Gasteiger partial charge is 0.254 e. The largest absolute Gasteiger partial charge is 0.497 e. The zero-order valence-electron chi connectivity index (χ0n) is 17.9. The molecule has 0 atom stereocenters. The lowest BCUT2D eigenvalue weighted by atomic mass is 9.92. The minimum absolute atomic E-state index is 0.433. The van der Waals surface area contributed by atoms with E-state index in [9.17, 15) is 0 Å². The zero-order valence-corrected chi connectivity index (χ0v) is 17.9. The van der Waals surface area contributed by atoms with Gasteiger partial charge in [-0.05, 0) is 48.2 Å². The topological polar surface area (TPSA) is 17.5 Å². The molecular weight excluding hydrogens is 356 g/mol. The van der Waals surface area contributed by atoms with E-state index in [2.05, 4.69) is 97.7 Å². The molecule has 0 radical (unpaired) electrons. The van der Waals surface area contributed by atoms with Crippen LogP contribution in [0.2, 0.25) is 0 Å². The van der Waals surface area contributed by atoms with Crippen LogP contribution < -0.4 is 9.30 Å². The van der Waals surface area contributed by atoms with Crippen LogP contribution in [-0.2, 0) is 0 Å². The average Bonchev–Trinajstić information content (AvgIpc) is 3.12. The Kier molecular flexibility index (Phi) is 5.14. The fraction of sp³-hybridized carbons (Fsp3) is 0.269. The van der Waals surface area contributed by atoms with E-state index < -0.39 is 0 Å². The van der Waals surface area contributed by atoms with E-state index in [-0.39, 0.29) is 0 Å². The van der Waals surface area contributed by atoms with E-state index in [0.29, 0.717) is 11.8 Å². The summed E-state index contributed by atoms with van der Waals surface area (Å²) in [4.78, 5) is 0. The van der Waals surface area contributed by atoms with Gasteiger partial charge in [0.25, 0.3) is 6.33 Å². The first-order valence-corrected chi connectivity index (χ1v) is 10.3. The van der Waals surface area contributed by atoms with Crippen molar-refractivity contribution in [3.05, 3.63) is 84.3 Å². The van der Waals surface area contributed by atoms with Crippen LogP contribution >= 0.6 is 0 Å². The second kappa shape index (κ2) is 7.75. The number of para-hydroxylation sites is 1. The molecule has 3 heteroatoms. The van der Waals surface area contributed by atoms with Crippen LogP contribution in [0.25, 0.3) is 22.5 Å². The Morgan fingerprint density at radius 2 is 1.45 bits per heavy atom. The Morgan fingerprint density at radius 1 is 0.793 bits per heavy atom. The standard InChI is InChI=1S/C26H29N2O/c1-18(2)22-9-8-10-23(19(3)4)26(22)28-17-27-16-7-6-11-24(27)25(28)20-12-14-21(29-5)15-13-20/h6-19H,1-5H3/q+1. The minimum Gasteiger partial charge on any atom is -0.497 e. The third kappa shape index (κ3) is 3.42. The molecule has 0 N–H and O–H groups in total. The van der Waals surface area contributed by atoms with Crippen LogP contribution in [0.3, 0.4) is 0 Å². The zero-order chi connectivity index (χ0) is 20.5. The van der Waals surface area contributed by atoms with Gasteiger partial charge in [-0.25, -0.2) is 4.40 Å². The Labute approximate surface area is 173 Å². The number of fused-ring (bicyclic) bond motifs is 1. The maximum absolute atomic E-state index is 5.38. The van der Waals surface area contributed by atoms with Crippen molar-refractivity contribution in [2.45, 2.75) is 39.5 Å². The van der Waals surface area contributed by atoms with Crippen LogP contribution in [0, 0.1) is 0 Å². The number of pyridine rings is 1. The van der Waals surface area contributed by atoms with Crippen molar-refractivity contribution in [1.29, 1.82) is 0 Å². The highest BCUT2D eigenvalue weighted by atomic mass is 16.5. The number of hydrogen-bond acceptors (Lipinski definition) is 1. The predicted octanol–water partition coefficient (Wildman–Crippen LogP) is 6.14. The average molecular weight is 386 g/mol. The van der Waals surface area contributed by atoms with Crippen molar-refractivity contribution in [2.24, 2.45) is 0 Å². The molecule has 0 aliphatic heterocycles. The lowest BCUT2D eigenvalue weighted by Gasteiger charge is -2.17. The van der Waals surface area contributed by atoms with E-state index >= 15 is 0 Å². The van der Waals surface area contributed by atoms with Crippen molar-refractivity contribution in [1.82, 2.24) is 4.40 Å². The number of aromatic nitrogens is 2. The van der Waals surface area contributed by atoms with Crippen LogP contribution in [0.1, 0.15) is 50.7 Å². The number of hydrogen-bond donors (Lipinski definition) is 0. The molecule has 148 valence electrons. The molecule has 0 aliphatic rings. The first-order chi connectivity index (χ1) is 14.0. The van der Waals surface area contributed by atoms with Gasteiger partial charge in [0, 0.05) is 16.7 Å². The molecule has 0 bridgehead atoms. The second-order valence-corrected chi connectivity index (χ2v) is 8.15. The molecule has 0 saturated carbocycles. The van der Waals surface area contributed by atoms with Crippen molar-refractivity contribution in [3.8, 4) is 22.7 Å². The molecule has 29 heavy (non-hydrogen) atoms. The Morgan fingerprint density at radius 3 is 2.03 bits per heavy atom. The lowest BCUT2D eigenvalue weighted by Crippen LogP contribution is -2.34. The highest BCUT2D eigenvalue weighted by Crippen LogP contribution is 2.32. The molecule has 2 aromatic carbocycles. The van der Waals surface area contributed by atoms with Gasteiger partial charge in [-0.15, -0.1) is 0 Å². The van der Waals surface area contributed by atoms with Crippen molar-refractivity contribution in [2.75, 3.05) is 7.11 Å². The first kappa shape index (κ1) is 19.3. The summed E-state index contributed by atoms with van der Waals surface area (Å²) in [6, 6.07) is 21.4. The Bertz CT molecular complexity index is 1110. The molecule has 0 aliphatic carbocycles. The van der Waals surface area contributed by atoms with Gasteiger partial charge in [-0.1, -0.05) is 52.0 Å². The van der Waals surface area contributed by atoms with Crippen LogP contribution in [0.15, 0.2) is 73.2 Å². The van der Waals surface area contributed by atoms with E-state index in [0.717, 1.165) is 5.75 Å². The Balaban J connectivity index is 2.08. The summed E-state index contributed by atoms with van der Waals surface area (Å²) >= 11 is 0. The third-order valence-corrected chi connectivity index (χ3v) is 5.56. The molecular formula is C26H29N2O+. The SMILES string of the molecule is COc1ccc(-c2c3ccccn3c[n+]2-c2c(C(C)C)cccc2C(C)C)cc1. The van der Waals surface area contributed by atoms with Gasteiger partial charge >= 0.3 is 0 Å². The first-order valence-electron chi connectivity index (χ1n) is 10.3. The predicted molar refractivity (Wildman–Crippen MR) is 119 cm³/mol. The number of nitrogens with zero attached hydrogens (tertiary/aromatic N) is 2. The van der Waals surface area contributed by atoms with Gasteiger partial charge in [-0.3, -0.25) is 0 Å². The maximum Gasteiger partial charge on any atom is 0.254 e. The van der Waals surface area contributed by atoms with Gasteiger partial charge in [0.15, 0.2) is 11.2 Å². The molecule has 2 heterocycles. The second-order valence-electron chi connectivity index (χ2n) is 8.15. The number of rotatable bonds is 5. The van der Waals surface area contributed by atoms with Crippen LogP contribution in [-0.4, -0.2) is 11.5 Å². The normalized spacial score (nSPS) is 11.6. The van der Waals surface area contributed by atoms with E-state index in [1.54, 1.807) is 7.11 Å². The number of ether oxygens (including phenoxy) is 1. The molecule has 0 amide bonds. The molecule has 0 unspecified atom stereocenters. The monoisotopic (exact) mass is 385 g/mol. The van der Waals surface area contributed by atoms with E-state index in [1.165, 1.54) is 33.6 Å². The molecule has 3 nitrogen and oxygen atoms in total. The lowest BCUT2D eigenvalue weighted by molar-refractivity contribution is -0.584. The number of benzene rings is 2. The van der Waals surface area contributed by atoms with Gasteiger partial charge in [0.05, 0.1) is 13.3 Å². The van der Waals surface area contributed by atoms with Crippen molar-refractivity contribution < 1.29 is 9.30 Å². The summed E-state index contributed by atoms with van der Waals surface area (Å²) in [5.74, 6) is 1.74. The van der Waals surface area contributed by atoms with Gasteiger partial charge in [-0.2, -0.15) is 4.57 Å². The summed E-state index contributed by atoms with van der Waals surface area (Å²) in [5.41, 5.74) is 7.59. The Hall–Kier alpha value is -3.07. The summed E-state index contributed by atoms with van der Waals surface area (Å²) in [6.07, 6.45) is 4.33. The summed E-state index contributed by atoms with van der Waals surface area (Å²) in [7, 11) is 1.71. The van der Waals surface area contributed by atoms with Crippen LogP contribution in [0.4, 0.5) is 0 Å². The third-order valence-electron chi connectivity index (χ3n) is 5.56. The van der Waals surface area contributed by atoms with Gasteiger partial charge < -0.3 is 4.74 Å². The quantitative estimate of drug-likeness (QED) is 0.377. The summed E-state index contributed by atoms with van der Waals surface area (Å²) in [6.45, 7) is 9.08. The summed E-state index contributed by atoms with van der Waals surface area (Å²) in [5, 5.41) is 0. The highest BCUT2D eigenvalue weighted by molar-refractivity contribution is 5.75. The summed E-state index contributed by atoms with van der Waals surface area (Å²) < 4.78 is 9.96. The molecule has 2 aromatic heterocycles. The molecule has 0 spiro atoms. The highest BCUT2D eigenvalue weighted by Gasteiger charge is 2.26. The minimum atomic E-state index is 0.433. The fourth-order valence-corrected chi connectivity index (χ4v) is 4.06. The van der Waals surface area contributed by atoms with Gasteiger partial charge in [0.2, 0.25) is 0 Å². The van der Waals surface area contributed by atoms with Crippen molar-refractivity contribution >= 4 is 5.52 Å². The number of methoxy groups -OCH3 is 1. The van der Waals surface area contributed by atoms with E-state index in [1.807, 2.05) is 12.1 Å². The molecule has 0 fully saturated rings. The number of imidazole rings is 1. The molecule has 0 saturated heterocycles. The molecule has 4 rings (SSSR count). The molecule has 4 aromatic rings. The van der Waals surface area contributed by atoms with Crippen LogP contribution in [0.5, 0.6) is 5.75 Å². The van der Waals surface area contributed by atoms with Gasteiger partial charge in [0.1, 0.15) is 11.4 Å².